The molecule has 0 aliphatic heterocycles. The lowest BCUT2D eigenvalue weighted by Gasteiger charge is -2.17. The summed E-state index contributed by atoms with van der Waals surface area (Å²) in [4.78, 5) is 46.0. The van der Waals surface area contributed by atoms with E-state index in [2.05, 4.69) is 20.9 Å². The second-order valence-electron chi connectivity index (χ2n) is 11.3. The molecule has 0 bridgehead atoms. The first-order valence-corrected chi connectivity index (χ1v) is 18.2. The smallest absolute Gasteiger partial charge is 0.272 e. The average molecular weight is 750 g/mol. The molecule has 6 aromatic rings. The number of nitrogens with one attached hydrogen (secondary N) is 3. The van der Waals surface area contributed by atoms with E-state index in [1.165, 1.54) is 29.2 Å². The molecular formula is C40H30Cl2N4O3S2. The summed E-state index contributed by atoms with van der Waals surface area (Å²) in [5.74, 6) is -1.27. The molecule has 1 aromatic heterocycles. The van der Waals surface area contributed by atoms with Gasteiger partial charge in [-0.1, -0.05) is 114 Å². The minimum Gasteiger partial charge on any atom is -0.321 e. The third-order valence-corrected chi connectivity index (χ3v) is 10.1. The van der Waals surface area contributed by atoms with Crippen LogP contribution in [0.4, 0.5) is 10.8 Å². The molecule has 0 saturated heterocycles. The van der Waals surface area contributed by atoms with E-state index in [0.717, 1.165) is 27.3 Å². The van der Waals surface area contributed by atoms with Gasteiger partial charge in [0.05, 0.1) is 5.69 Å². The van der Waals surface area contributed by atoms with Crippen LogP contribution in [-0.4, -0.2) is 22.7 Å². The van der Waals surface area contributed by atoms with Crippen molar-refractivity contribution in [2.75, 3.05) is 10.6 Å². The summed E-state index contributed by atoms with van der Waals surface area (Å²) >= 11 is 15.2. The lowest BCUT2D eigenvalue weighted by Crippen LogP contribution is -2.30. The topological polar surface area (TPSA) is 100 Å². The van der Waals surface area contributed by atoms with Crippen molar-refractivity contribution in [3.8, 4) is 11.3 Å². The fourth-order valence-corrected chi connectivity index (χ4v) is 7.23. The first-order chi connectivity index (χ1) is 24.7. The van der Waals surface area contributed by atoms with Crippen LogP contribution < -0.4 is 16.0 Å². The maximum absolute atomic E-state index is 13.8. The van der Waals surface area contributed by atoms with Crippen molar-refractivity contribution >= 4 is 80.9 Å². The van der Waals surface area contributed by atoms with Gasteiger partial charge in [0.1, 0.15) is 10.9 Å². The van der Waals surface area contributed by atoms with Gasteiger partial charge >= 0.3 is 0 Å². The van der Waals surface area contributed by atoms with Crippen LogP contribution in [0.15, 0.2) is 143 Å². The van der Waals surface area contributed by atoms with Gasteiger partial charge in [-0.25, -0.2) is 4.98 Å². The normalized spacial score (nSPS) is 11.8. The van der Waals surface area contributed by atoms with Crippen LogP contribution in [0, 0.1) is 6.92 Å². The first-order valence-electron chi connectivity index (χ1n) is 15.7. The fourth-order valence-electron chi connectivity index (χ4n) is 4.96. The highest BCUT2D eigenvalue weighted by Crippen LogP contribution is 2.38. The Morgan fingerprint density at radius 3 is 2.25 bits per heavy atom. The van der Waals surface area contributed by atoms with E-state index < -0.39 is 17.1 Å². The number of halogens is 2. The third kappa shape index (κ3) is 9.53. The summed E-state index contributed by atoms with van der Waals surface area (Å²) in [7, 11) is 0. The summed E-state index contributed by atoms with van der Waals surface area (Å²) in [5, 5.41) is 11.1. The van der Waals surface area contributed by atoms with E-state index in [4.69, 9.17) is 23.2 Å². The molecule has 0 spiro atoms. The highest BCUT2D eigenvalue weighted by atomic mass is 35.5. The standard InChI is InChI=1S/C40H30Cl2N4O3S2/c1-25-15-17-26(18-16-25)35-24-50-40(45-35)46-39(49)36(27-9-4-2-5-10-27)51-32-14-8-13-31(23-32)43-38(48)34(21-29-19-20-30(41)22-33(29)42)44-37(47)28-11-6-3-7-12-28/h2-24,36H,1H3,(H,43,48)(H,44,47)(H,45,46,49)/b34-21+. The van der Waals surface area contributed by atoms with Gasteiger partial charge < -0.3 is 16.0 Å². The van der Waals surface area contributed by atoms with E-state index in [9.17, 15) is 14.4 Å². The number of anilines is 2. The van der Waals surface area contributed by atoms with Crippen molar-refractivity contribution in [3.63, 3.8) is 0 Å². The predicted molar refractivity (Wildman–Crippen MR) is 209 cm³/mol. The first kappa shape index (κ1) is 35.6. The molecule has 3 amide bonds. The van der Waals surface area contributed by atoms with Gasteiger partial charge in [-0.3, -0.25) is 14.4 Å². The van der Waals surface area contributed by atoms with Gasteiger partial charge in [-0.15, -0.1) is 23.1 Å². The number of thioether (sulfide) groups is 1. The van der Waals surface area contributed by atoms with Gasteiger partial charge in [0.25, 0.3) is 11.8 Å². The number of aryl methyl sites for hydroxylation is 1. The molecular weight excluding hydrogens is 720 g/mol. The van der Waals surface area contributed by atoms with Crippen molar-refractivity contribution in [2.45, 2.75) is 17.1 Å². The van der Waals surface area contributed by atoms with Crippen molar-refractivity contribution < 1.29 is 14.4 Å². The summed E-state index contributed by atoms with van der Waals surface area (Å²) in [6, 6.07) is 38.1. The number of nitrogens with zero attached hydrogens (tertiary/aromatic N) is 1. The molecule has 5 aromatic carbocycles. The Labute approximate surface area is 313 Å². The Morgan fingerprint density at radius 2 is 1.53 bits per heavy atom. The maximum Gasteiger partial charge on any atom is 0.272 e. The van der Waals surface area contributed by atoms with E-state index in [1.807, 2.05) is 73.0 Å². The summed E-state index contributed by atoms with van der Waals surface area (Å²) in [6.45, 7) is 2.03. The molecule has 11 heteroatoms. The Bertz CT molecular complexity index is 2210. The number of carbonyl (C=O) groups is 3. The van der Waals surface area contributed by atoms with Gasteiger partial charge in [-0.05, 0) is 66.6 Å². The van der Waals surface area contributed by atoms with Gasteiger partial charge in [0.2, 0.25) is 5.91 Å². The lowest BCUT2D eigenvalue weighted by molar-refractivity contribution is -0.116. The number of amides is 3. The molecule has 6 rings (SSSR count). The van der Waals surface area contributed by atoms with Crippen LogP contribution in [0.2, 0.25) is 10.0 Å². The number of thiazole rings is 1. The molecule has 0 saturated carbocycles. The van der Waals surface area contributed by atoms with Crippen LogP contribution in [0.5, 0.6) is 0 Å². The molecule has 0 radical (unpaired) electrons. The van der Waals surface area contributed by atoms with Crippen LogP contribution >= 0.6 is 46.3 Å². The fraction of sp³-hybridized carbons (Fsp3) is 0.0500. The van der Waals surface area contributed by atoms with Crippen molar-refractivity contribution in [1.29, 1.82) is 0 Å². The number of carbonyl (C=O) groups excluding carboxylic acids is 3. The highest BCUT2D eigenvalue weighted by Gasteiger charge is 2.24. The number of benzene rings is 5. The van der Waals surface area contributed by atoms with Crippen molar-refractivity contribution in [1.82, 2.24) is 10.3 Å². The molecule has 1 heterocycles. The van der Waals surface area contributed by atoms with Crippen LogP contribution in [-0.2, 0) is 9.59 Å². The molecule has 51 heavy (non-hydrogen) atoms. The molecule has 0 fully saturated rings. The molecule has 254 valence electrons. The number of hydrogen-bond donors (Lipinski definition) is 3. The molecule has 1 unspecified atom stereocenters. The second kappa shape index (κ2) is 16.7. The molecule has 0 aliphatic carbocycles. The molecule has 7 nitrogen and oxygen atoms in total. The van der Waals surface area contributed by atoms with Gasteiger partial charge in [0, 0.05) is 37.1 Å². The van der Waals surface area contributed by atoms with Crippen LogP contribution in [0.25, 0.3) is 17.3 Å². The van der Waals surface area contributed by atoms with Crippen molar-refractivity contribution in [2.24, 2.45) is 0 Å². The van der Waals surface area contributed by atoms with Crippen LogP contribution in [0.3, 0.4) is 0 Å². The monoisotopic (exact) mass is 748 g/mol. The average Bonchev–Trinajstić information content (AvgIpc) is 3.60. The Balaban J connectivity index is 1.22. The maximum atomic E-state index is 13.8. The minimum absolute atomic E-state index is 0.0267. The highest BCUT2D eigenvalue weighted by molar-refractivity contribution is 8.00. The summed E-state index contributed by atoms with van der Waals surface area (Å²) in [5.41, 5.74) is 5.02. The Hall–Kier alpha value is -5.19. The lowest BCUT2D eigenvalue weighted by atomic mass is 10.1. The summed E-state index contributed by atoms with van der Waals surface area (Å²) < 4.78 is 0. The Kier molecular flexibility index (Phi) is 11.7. The zero-order valence-corrected chi connectivity index (χ0v) is 30.2. The second-order valence-corrected chi connectivity index (χ2v) is 14.2. The number of rotatable bonds is 11. The van der Waals surface area contributed by atoms with E-state index in [0.29, 0.717) is 32.0 Å². The third-order valence-electron chi connectivity index (χ3n) is 7.56. The molecule has 0 aliphatic rings. The number of aromatic nitrogens is 1. The molecule has 1 atom stereocenters. The molecule has 3 N–H and O–H groups in total. The predicted octanol–water partition coefficient (Wildman–Crippen LogP) is 10.3. The summed E-state index contributed by atoms with van der Waals surface area (Å²) in [6.07, 6.45) is 1.49. The minimum atomic E-state index is -0.628. The largest absolute Gasteiger partial charge is 0.321 e. The van der Waals surface area contributed by atoms with E-state index in [-0.39, 0.29) is 11.6 Å². The van der Waals surface area contributed by atoms with Gasteiger partial charge in [-0.2, -0.15) is 0 Å². The zero-order chi connectivity index (χ0) is 35.7. The SMILES string of the molecule is Cc1ccc(-c2csc(NC(=O)C(Sc3cccc(NC(=O)/C(=C\c4ccc(Cl)cc4Cl)NC(=O)c4ccccc4)c3)c3ccccc3)n2)cc1. The zero-order valence-electron chi connectivity index (χ0n) is 27.1. The van der Waals surface area contributed by atoms with Crippen LogP contribution in [0.1, 0.15) is 32.3 Å². The van der Waals surface area contributed by atoms with E-state index >= 15 is 0 Å². The Morgan fingerprint density at radius 1 is 0.804 bits per heavy atom. The van der Waals surface area contributed by atoms with Crippen molar-refractivity contribution in [3.05, 3.63) is 171 Å². The number of hydrogen-bond acceptors (Lipinski definition) is 6. The van der Waals surface area contributed by atoms with E-state index in [1.54, 1.807) is 66.7 Å². The quantitative estimate of drug-likeness (QED) is 0.0905. The van der Waals surface area contributed by atoms with Gasteiger partial charge in [0.15, 0.2) is 5.13 Å².